The number of allylic oxidation sites excluding steroid dienone is 2. The van der Waals surface area contributed by atoms with E-state index < -0.39 is 6.10 Å². The Kier molecular flexibility index (Phi) is 7.21. The molecule has 90 valence electrons. The number of ether oxygens (including phenoxy) is 1. The van der Waals surface area contributed by atoms with Gasteiger partial charge in [0.25, 0.3) is 0 Å². The molecule has 0 bridgehead atoms. The summed E-state index contributed by atoms with van der Waals surface area (Å²) in [4.78, 5) is 11.1. The molecule has 0 saturated carbocycles. The van der Waals surface area contributed by atoms with Gasteiger partial charge in [-0.15, -0.1) is 0 Å². The van der Waals surface area contributed by atoms with Crippen molar-refractivity contribution in [2.45, 2.75) is 33.3 Å². The summed E-state index contributed by atoms with van der Waals surface area (Å²) in [6, 6.07) is 0. The van der Waals surface area contributed by atoms with Crippen LogP contribution in [0.5, 0.6) is 0 Å². The summed E-state index contributed by atoms with van der Waals surface area (Å²) in [6.07, 6.45) is 5.62. The van der Waals surface area contributed by atoms with Crippen molar-refractivity contribution < 1.29 is 14.6 Å². The second kappa shape index (κ2) is 7.88. The molecular formula is C13H20O3. The smallest absolute Gasteiger partial charge is 0.333 e. The standard InChI is InChI=1S/C13H20O3/c1-5-12(7-6-11(4)14)8-9-16-13(15)10(2)3/h5-7,11,14H,2,8-9H2,1,3-4H3/b7-6-,12-5+. The highest BCUT2D eigenvalue weighted by atomic mass is 16.5. The topological polar surface area (TPSA) is 46.5 Å². The molecular weight excluding hydrogens is 204 g/mol. The van der Waals surface area contributed by atoms with Crippen LogP contribution in [0.1, 0.15) is 27.2 Å². The molecule has 0 aromatic heterocycles. The third-order valence-electron chi connectivity index (χ3n) is 1.93. The normalized spacial score (nSPS) is 13.9. The largest absolute Gasteiger partial charge is 0.462 e. The number of esters is 1. The monoisotopic (exact) mass is 224 g/mol. The highest BCUT2D eigenvalue weighted by Crippen LogP contribution is 2.05. The molecule has 0 aliphatic rings. The van der Waals surface area contributed by atoms with E-state index in [9.17, 15) is 4.79 Å². The van der Waals surface area contributed by atoms with Gasteiger partial charge in [-0.3, -0.25) is 0 Å². The second-order valence-corrected chi connectivity index (χ2v) is 3.63. The third-order valence-corrected chi connectivity index (χ3v) is 1.93. The first-order valence-electron chi connectivity index (χ1n) is 5.31. The minimum absolute atomic E-state index is 0.329. The maximum absolute atomic E-state index is 11.1. The van der Waals surface area contributed by atoms with Gasteiger partial charge in [-0.25, -0.2) is 4.79 Å². The molecule has 0 rings (SSSR count). The first-order chi connectivity index (χ1) is 7.47. The van der Waals surface area contributed by atoms with Gasteiger partial charge in [-0.2, -0.15) is 0 Å². The number of hydrogen-bond donors (Lipinski definition) is 1. The van der Waals surface area contributed by atoms with Crippen molar-refractivity contribution >= 4 is 5.97 Å². The predicted octanol–water partition coefficient (Wildman–Crippen LogP) is 2.38. The SMILES string of the molecule is C=C(C)C(=O)OCCC(/C=C\C(C)O)=C/C. The Balaban J connectivity index is 3.99. The number of rotatable bonds is 6. The van der Waals surface area contributed by atoms with E-state index >= 15 is 0 Å². The van der Waals surface area contributed by atoms with Gasteiger partial charge in [0, 0.05) is 12.0 Å². The van der Waals surface area contributed by atoms with Gasteiger partial charge >= 0.3 is 5.97 Å². The van der Waals surface area contributed by atoms with Crippen molar-refractivity contribution in [1.82, 2.24) is 0 Å². The van der Waals surface area contributed by atoms with Crippen LogP contribution in [0.2, 0.25) is 0 Å². The van der Waals surface area contributed by atoms with Crippen LogP contribution in [0.25, 0.3) is 0 Å². The van der Waals surface area contributed by atoms with E-state index in [1.165, 1.54) is 0 Å². The lowest BCUT2D eigenvalue weighted by atomic mass is 10.1. The number of carbonyl (C=O) groups excluding carboxylic acids is 1. The predicted molar refractivity (Wildman–Crippen MR) is 65.0 cm³/mol. The van der Waals surface area contributed by atoms with Crippen LogP contribution in [0.4, 0.5) is 0 Å². The molecule has 3 heteroatoms. The zero-order chi connectivity index (χ0) is 12.6. The van der Waals surface area contributed by atoms with Crippen LogP contribution >= 0.6 is 0 Å². The fraction of sp³-hybridized carbons (Fsp3) is 0.462. The van der Waals surface area contributed by atoms with Crippen molar-refractivity contribution in [1.29, 1.82) is 0 Å². The lowest BCUT2D eigenvalue weighted by Crippen LogP contribution is -2.06. The fourth-order valence-electron chi connectivity index (χ4n) is 0.972. The van der Waals surface area contributed by atoms with Gasteiger partial charge in [0.05, 0.1) is 12.7 Å². The Labute approximate surface area is 97.1 Å². The van der Waals surface area contributed by atoms with Crippen molar-refractivity contribution in [3.63, 3.8) is 0 Å². The Morgan fingerprint density at radius 1 is 1.56 bits per heavy atom. The van der Waals surface area contributed by atoms with E-state index in [-0.39, 0.29) is 5.97 Å². The second-order valence-electron chi connectivity index (χ2n) is 3.63. The van der Waals surface area contributed by atoms with Crippen LogP contribution in [0, 0.1) is 0 Å². The minimum atomic E-state index is -0.465. The van der Waals surface area contributed by atoms with Gasteiger partial charge in [-0.1, -0.05) is 24.8 Å². The first-order valence-corrected chi connectivity index (χ1v) is 5.31. The van der Waals surface area contributed by atoms with E-state index in [1.54, 1.807) is 19.9 Å². The Bertz CT molecular complexity index is 298. The van der Waals surface area contributed by atoms with Gasteiger partial charge in [-0.05, 0) is 26.3 Å². The molecule has 1 atom stereocenters. The van der Waals surface area contributed by atoms with Gasteiger partial charge in [0.15, 0.2) is 0 Å². The highest BCUT2D eigenvalue weighted by molar-refractivity contribution is 5.86. The first kappa shape index (κ1) is 14.6. The number of carbonyl (C=O) groups is 1. The summed E-state index contributed by atoms with van der Waals surface area (Å²) < 4.78 is 4.97. The molecule has 0 aliphatic carbocycles. The molecule has 0 radical (unpaired) electrons. The van der Waals surface area contributed by atoms with Gasteiger partial charge in [0.1, 0.15) is 0 Å². The zero-order valence-corrected chi connectivity index (χ0v) is 10.2. The van der Waals surface area contributed by atoms with Gasteiger partial charge < -0.3 is 9.84 Å². The minimum Gasteiger partial charge on any atom is -0.462 e. The lowest BCUT2D eigenvalue weighted by Gasteiger charge is -2.05. The maximum atomic E-state index is 11.1. The summed E-state index contributed by atoms with van der Waals surface area (Å²) in [7, 11) is 0. The van der Waals surface area contributed by atoms with Crippen molar-refractivity contribution in [3.8, 4) is 0 Å². The number of aliphatic hydroxyl groups is 1. The molecule has 1 N–H and O–H groups in total. The van der Waals surface area contributed by atoms with E-state index in [0.717, 1.165) is 5.57 Å². The summed E-state index contributed by atoms with van der Waals surface area (Å²) in [6.45, 7) is 9.03. The van der Waals surface area contributed by atoms with Gasteiger partial charge in [0.2, 0.25) is 0 Å². The van der Waals surface area contributed by atoms with E-state index in [0.29, 0.717) is 18.6 Å². The van der Waals surface area contributed by atoms with Crippen molar-refractivity contribution in [2.24, 2.45) is 0 Å². The fourth-order valence-corrected chi connectivity index (χ4v) is 0.972. The molecule has 0 amide bonds. The van der Waals surface area contributed by atoms with E-state index in [1.807, 2.05) is 19.1 Å². The Morgan fingerprint density at radius 2 is 2.19 bits per heavy atom. The molecule has 0 aromatic rings. The molecule has 0 saturated heterocycles. The van der Waals surface area contributed by atoms with Crippen LogP contribution in [0.15, 0.2) is 36.0 Å². The number of aliphatic hydroxyl groups excluding tert-OH is 1. The van der Waals surface area contributed by atoms with Crippen molar-refractivity contribution in [2.75, 3.05) is 6.61 Å². The van der Waals surface area contributed by atoms with Crippen LogP contribution in [-0.4, -0.2) is 23.8 Å². The van der Waals surface area contributed by atoms with E-state index in [4.69, 9.17) is 9.84 Å². The third kappa shape index (κ3) is 7.01. The quantitative estimate of drug-likeness (QED) is 0.428. The van der Waals surface area contributed by atoms with E-state index in [2.05, 4.69) is 6.58 Å². The molecule has 16 heavy (non-hydrogen) atoms. The summed E-state index contributed by atoms with van der Waals surface area (Å²) in [5, 5.41) is 9.07. The maximum Gasteiger partial charge on any atom is 0.333 e. The molecule has 1 unspecified atom stereocenters. The molecule has 3 nitrogen and oxygen atoms in total. The molecule has 0 spiro atoms. The molecule has 0 aromatic carbocycles. The highest BCUT2D eigenvalue weighted by Gasteiger charge is 2.02. The van der Waals surface area contributed by atoms with Crippen LogP contribution in [0.3, 0.4) is 0 Å². The lowest BCUT2D eigenvalue weighted by molar-refractivity contribution is -0.138. The summed E-state index contributed by atoms with van der Waals surface area (Å²) in [5.41, 5.74) is 1.43. The average Bonchev–Trinajstić information content (AvgIpc) is 2.22. The molecule has 0 heterocycles. The number of hydrogen-bond acceptors (Lipinski definition) is 3. The Hall–Kier alpha value is -1.35. The summed E-state index contributed by atoms with van der Waals surface area (Å²) in [5.74, 6) is -0.366. The van der Waals surface area contributed by atoms with Crippen LogP contribution < -0.4 is 0 Å². The van der Waals surface area contributed by atoms with Crippen molar-refractivity contribution in [3.05, 3.63) is 36.0 Å². The Morgan fingerprint density at radius 3 is 2.62 bits per heavy atom. The molecule has 0 fully saturated rings. The van der Waals surface area contributed by atoms with Crippen LogP contribution in [-0.2, 0) is 9.53 Å². The zero-order valence-electron chi connectivity index (χ0n) is 10.2. The summed E-state index contributed by atoms with van der Waals surface area (Å²) >= 11 is 0. The average molecular weight is 224 g/mol. The molecule has 0 aliphatic heterocycles.